The average molecular weight is 671 g/mol. The maximum absolute atomic E-state index is 13.6. The molecule has 6 rings (SSSR count). The van der Waals surface area contributed by atoms with Gasteiger partial charge in [-0.25, -0.2) is 0 Å². The van der Waals surface area contributed by atoms with E-state index in [4.69, 9.17) is 0 Å². The number of benzene rings is 3. The van der Waals surface area contributed by atoms with Crippen molar-refractivity contribution in [3.63, 3.8) is 0 Å². The van der Waals surface area contributed by atoms with Crippen LogP contribution in [-0.2, 0) is 12.7 Å². The van der Waals surface area contributed by atoms with Crippen molar-refractivity contribution in [1.82, 2.24) is 20.5 Å². The molecule has 9 nitrogen and oxygen atoms in total. The summed E-state index contributed by atoms with van der Waals surface area (Å²) in [6.07, 6.45) is 0.292. The number of piperazine rings is 1. The predicted molar refractivity (Wildman–Crippen MR) is 182 cm³/mol. The number of carbonyl (C=O) groups is 3. The Kier molecular flexibility index (Phi) is 10.2. The summed E-state index contributed by atoms with van der Waals surface area (Å²) in [4.78, 5) is 48.5. The molecule has 49 heavy (non-hydrogen) atoms. The highest BCUT2D eigenvalue weighted by molar-refractivity contribution is 6.08. The van der Waals surface area contributed by atoms with Crippen molar-refractivity contribution in [1.29, 1.82) is 0 Å². The lowest BCUT2D eigenvalue weighted by Gasteiger charge is -2.29. The van der Waals surface area contributed by atoms with E-state index in [1.54, 1.807) is 35.2 Å². The third-order valence-corrected chi connectivity index (χ3v) is 8.75. The van der Waals surface area contributed by atoms with Gasteiger partial charge in [0.05, 0.1) is 16.9 Å². The van der Waals surface area contributed by atoms with Crippen molar-refractivity contribution >= 4 is 29.1 Å². The quantitative estimate of drug-likeness (QED) is 0.213. The number of nitrogens with one attached hydrogen (secondary N) is 3. The molecule has 3 aromatic carbocycles. The van der Waals surface area contributed by atoms with Crippen LogP contribution < -0.4 is 20.9 Å². The Morgan fingerprint density at radius 2 is 1.51 bits per heavy atom. The van der Waals surface area contributed by atoms with Gasteiger partial charge >= 0.3 is 6.18 Å². The minimum atomic E-state index is -4.49. The fourth-order valence-corrected chi connectivity index (χ4v) is 6.10. The van der Waals surface area contributed by atoms with Gasteiger partial charge in [0.2, 0.25) is 0 Å². The van der Waals surface area contributed by atoms with Crippen LogP contribution >= 0.6 is 0 Å². The van der Waals surface area contributed by atoms with Crippen molar-refractivity contribution in [2.45, 2.75) is 32.0 Å². The van der Waals surface area contributed by atoms with Gasteiger partial charge in [-0.05, 0) is 85.5 Å². The number of carbonyl (C=O) groups excluding carboxylic acids is 3. The normalized spacial score (nSPS) is 15.1. The van der Waals surface area contributed by atoms with Gasteiger partial charge in [0.15, 0.2) is 0 Å². The highest BCUT2D eigenvalue weighted by Crippen LogP contribution is 2.33. The molecule has 0 radical (unpaired) electrons. The smallest absolute Gasteiger partial charge is 0.372 e. The van der Waals surface area contributed by atoms with E-state index in [1.165, 1.54) is 24.4 Å². The molecule has 3 heterocycles. The van der Waals surface area contributed by atoms with E-state index in [2.05, 4.69) is 25.8 Å². The van der Waals surface area contributed by atoms with Crippen molar-refractivity contribution < 1.29 is 27.6 Å². The van der Waals surface area contributed by atoms with Crippen LogP contribution in [0, 0.1) is 0 Å². The molecule has 0 unspecified atom stereocenters. The van der Waals surface area contributed by atoms with Gasteiger partial charge in [-0.2, -0.15) is 13.2 Å². The van der Waals surface area contributed by atoms with E-state index >= 15 is 0 Å². The molecule has 0 aliphatic carbocycles. The van der Waals surface area contributed by atoms with Gasteiger partial charge in [-0.15, -0.1) is 0 Å². The molecular formula is C37H37F3N6O3. The number of nitrogens with zero attached hydrogens (tertiary/aromatic N) is 3. The Balaban J connectivity index is 1.25. The number of amides is 3. The zero-order valence-corrected chi connectivity index (χ0v) is 26.9. The molecule has 1 aromatic heterocycles. The summed E-state index contributed by atoms with van der Waals surface area (Å²) < 4.78 is 39.5. The molecular weight excluding hydrogens is 633 g/mol. The van der Waals surface area contributed by atoms with E-state index in [9.17, 15) is 27.6 Å². The molecule has 12 heteroatoms. The second-order valence-corrected chi connectivity index (χ2v) is 12.2. The molecule has 0 atom stereocenters. The van der Waals surface area contributed by atoms with Gasteiger partial charge in [-0.3, -0.25) is 19.4 Å². The molecule has 0 saturated carbocycles. The molecule has 0 spiro atoms. The second kappa shape index (κ2) is 14.9. The summed E-state index contributed by atoms with van der Waals surface area (Å²) in [7, 11) is 0. The van der Waals surface area contributed by atoms with Crippen LogP contribution in [0.3, 0.4) is 0 Å². The Morgan fingerprint density at radius 3 is 2.29 bits per heavy atom. The lowest BCUT2D eigenvalue weighted by molar-refractivity contribution is -0.137. The number of aromatic nitrogens is 1. The predicted octanol–water partition coefficient (Wildman–Crippen LogP) is 5.99. The van der Waals surface area contributed by atoms with E-state index in [0.29, 0.717) is 46.7 Å². The molecule has 0 bridgehead atoms. The third kappa shape index (κ3) is 8.26. The van der Waals surface area contributed by atoms with E-state index in [0.717, 1.165) is 63.3 Å². The number of anilines is 2. The van der Waals surface area contributed by atoms with Crippen LogP contribution in [0.4, 0.5) is 24.5 Å². The van der Waals surface area contributed by atoms with Crippen molar-refractivity contribution in [2.24, 2.45) is 0 Å². The Labute approximate surface area is 282 Å². The summed E-state index contributed by atoms with van der Waals surface area (Å²) >= 11 is 0. The van der Waals surface area contributed by atoms with E-state index in [-0.39, 0.29) is 18.0 Å². The van der Waals surface area contributed by atoms with Gasteiger partial charge < -0.3 is 25.8 Å². The highest BCUT2D eigenvalue weighted by atomic mass is 19.4. The first-order valence-electron chi connectivity index (χ1n) is 16.4. The van der Waals surface area contributed by atoms with Gasteiger partial charge in [-0.1, -0.05) is 18.2 Å². The van der Waals surface area contributed by atoms with E-state index in [1.807, 2.05) is 18.2 Å². The molecule has 4 aromatic rings. The first-order valence-corrected chi connectivity index (χ1v) is 16.4. The third-order valence-electron chi connectivity index (χ3n) is 8.75. The fourth-order valence-electron chi connectivity index (χ4n) is 6.10. The summed E-state index contributed by atoms with van der Waals surface area (Å²) in [6, 6.07) is 20.3. The number of pyridine rings is 1. The zero-order chi connectivity index (χ0) is 34.4. The molecule has 2 aliphatic rings. The highest BCUT2D eigenvalue weighted by Gasteiger charge is 2.30. The maximum atomic E-state index is 13.6. The van der Waals surface area contributed by atoms with Crippen molar-refractivity contribution in [3.05, 3.63) is 113 Å². The number of piperidine rings is 1. The fraction of sp³-hybridized carbons (Fsp3) is 0.297. The molecule has 2 aliphatic heterocycles. The van der Waals surface area contributed by atoms with Crippen LogP contribution in [-0.4, -0.2) is 66.9 Å². The van der Waals surface area contributed by atoms with Gasteiger partial charge in [0, 0.05) is 80.0 Å². The monoisotopic (exact) mass is 670 g/mol. The van der Waals surface area contributed by atoms with Gasteiger partial charge in [0.25, 0.3) is 17.7 Å². The summed E-state index contributed by atoms with van der Waals surface area (Å²) in [5, 5.41) is 8.91. The number of alkyl halides is 3. The first-order chi connectivity index (χ1) is 23.7. The van der Waals surface area contributed by atoms with Crippen LogP contribution in [0.5, 0.6) is 0 Å². The number of hydrogen-bond acceptors (Lipinski definition) is 6. The Hall–Kier alpha value is -5.23. The minimum Gasteiger partial charge on any atom is -0.372 e. The second-order valence-electron chi connectivity index (χ2n) is 12.2. The lowest BCUT2D eigenvalue weighted by Crippen LogP contribution is -2.46. The first kappa shape index (κ1) is 33.7. The SMILES string of the molecule is O=C(NCc1cccc(C(F)(F)F)c1)c1ccnc(-c2cc(N3CCCCC3)ccc2NC(=O)c2cccc(C(=O)N3CCNCC3)c2)c1. The topological polar surface area (TPSA) is 107 Å². The standard InChI is InChI=1S/C37H37F3N6O3/c38-37(39,40)29-9-4-6-25(20-29)24-43-34(47)27-12-13-42-33(22-27)31-23-30(45-16-2-1-3-17-45)10-11-32(31)44-35(48)26-7-5-8-28(21-26)36(49)46-18-14-41-15-19-46/h4-13,20-23,41H,1-3,14-19,24H2,(H,43,47)(H,44,48). The molecule has 2 fully saturated rings. The van der Waals surface area contributed by atoms with Crippen molar-refractivity contribution in [3.8, 4) is 11.3 Å². The Bertz CT molecular complexity index is 1830. The summed E-state index contributed by atoms with van der Waals surface area (Å²) in [5.74, 6) is -1.02. The minimum absolute atomic E-state index is 0.0949. The zero-order valence-electron chi connectivity index (χ0n) is 26.9. The summed E-state index contributed by atoms with van der Waals surface area (Å²) in [5.41, 5.74) is 3.00. The Morgan fingerprint density at radius 1 is 0.776 bits per heavy atom. The lowest BCUT2D eigenvalue weighted by atomic mass is 10.0. The maximum Gasteiger partial charge on any atom is 0.416 e. The van der Waals surface area contributed by atoms with Crippen LogP contribution in [0.25, 0.3) is 11.3 Å². The van der Waals surface area contributed by atoms with Crippen LogP contribution in [0.15, 0.2) is 85.1 Å². The summed E-state index contributed by atoms with van der Waals surface area (Å²) in [6.45, 7) is 4.32. The molecule has 2 saturated heterocycles. The van der Waals surface area contributed by atoms with Crippen LogP contribution in [0.1, 0.15) is 61.5 Å². The molecule has 254 valence electrons. The number of rotatable bonds is 8. The number of halogens is 3. The molecule has 3 N–H and O–H groups in total. The number of hydrogen-bond donors (Lipinski definition) is 3. The van der Waals surface area contributed by atoms with Crippen molar-refractivity contribution in [2.75, 3.05) is 49.5 Å². The average Bonchev–Trinajstić information content (AvgIpc) is 3.14. The largest absolute Gasteiger partial charge is 0.416 e. The molecule has 3 amide bonds. The van der Waals surface area contributed by atoms with E-state index < -0.39 is 23.6 Å². The van der Waals surface area contributed by atoms with Gasteiger partial charge in [0.1, 0.15) is 0 Å². The van der Waals surface area contributed by atoms with Crippen LogP contribution in [0.2, 0.25) is 0 Å².